The fourth-order valence-electron chi connectivity index (χ4n) is 9.59. The van der Waals surface area contributed by atoms with Gasteiger partial charge in [-0.05, 0) is 25.0 Å². The van der Waals surface area contributed by atoms with Crippen LogP contribution in [0.25, 0.3) is 0 Å². The quantitative estimate of drug-likeness (QED) is 0.225. The first-order valence-electron chi connectivity index (χ1n) is 12.5. The summed E-state index contributed by atoms with van der Waals surface area (Å²) in [5.41, 5.74) is -12.7. The van der Waals surface area contributed by atoms with E-state index in [2.05, 4.69) is 4.98 Å². The molecule has 200 valence electrons. The van der Waals surface area contributed by atoms with Gasteiger partial charge in [0, 0.05) is 36.3 Å². The minimum Gasteiger partial charge on any atom is -0.454 e. The number of esters is 1. The maximum absolute atomic E-state index is 13.2. The lowest BCUT2D eigenvalue weighted by Crippen LogP contribution is -2.77. The summed E-state index contributed by atoms with van der Waals surface area (Å²) >= 11 is 0. The van der Waals surface area contributed by atoms with E-state index in [1.54, 1.807) is 19.9 Å². The van der Waals surface area contributed by atoms with Crippen molar-refractivity contribution in [2.24, 2.45) is 28.6 Å². The van der Waals surface area contributed by atoms with Crippen molar-refractivity contribution < 1.29 is 50.0 Å². The van der Waals surface area contributed by atoms with Gasteiger partial charge in [0.25, 0.3) is 0 Å². The minimum absolute atomic E-state index is 0.0867. The van der Waals surface area contributed by atoms with E-state index in [9.17, 15) is 40.5 Å². The Bertz CT molecular complexity index is 1130. The van der Waals surface area contributed by atoms with E-state index >= 15 is 0 Å². The van der Waals surface area contributed by atoms with Crippen molar-refractivity contribution in [1.82, 2.24) is 4.98 Å². The Morgan fingerprint density at radius 3 is 2.47 bits per heavy atom. The Morgan fingerprint density at radius 1 is 1.25 bits per heavy atom. The number of nitrogens with one attached hydrogen (secondary N) is 1. The van der Waals surface area contributed by atoms with Crippen LogP contribution in [-0.2, 0) is 9.47 Å². The summed E-state index contributed by atoms with van der Waals surface area (Å²) in [6.07, 6.45) is -3.68. The second kappa shape index (κ2) is 6.52. The molecule has 11 heteroatoms. The number of hydrogen-bond donors (Lipinski definition) is 8. The number of aromatic nitrogens is 1. The van der Waals surface area contributed by atoms with Crippen LogP contribution in [0.1, 0.15) is 51.0 Å². The number of ether oxygens (including phenoxy) is 2. The third-order valence-electron chi connectivity index (χ3n) is 11.3. The predicted molar refractivity (Wildman–Crippen MR) is 120 cm³/mol. The first-order chi connectivity index (χ1) is 16.6. The third-order valence-corrected chi connectivity index (χ3v) is 11.3. The molecule has 1 spiro atoms. The average Bonchev–Trinajstić information content (AvgIpc) is 3.44. The van der Waals surface area contributed by atoms with Crippen molar-refractivity contribution in [2.75, 3.05) is 6.61 Å². The van der Waals surface area contributed by atoms with Gasteiger partial charge in [0.2, 0.25) is 0 Å². The van der Waals surface area contributed by atoms with E-state index in [1.165, 1.54) is 26.1 Å². The minimum atomic E-state index is -2.36. The second-order valence-corrected chi connectivity index (χ2v) is 12.3. The molecule has 4 aliphatic carbocycles. The molecule has 4 saturated carbocycles. The highest BCUT2D eigenvalue weighted by atomic mass is 16.7. The van der Waals surface area contributed by atoms with E-state index in [0.29, 0.717) is 0 Å². The number of hydrogen-bond acceptors (Lipinski definition) is 10. The smallest absolute Gasteiger partial charge is 0.355 e. The van der Waals surface area contributed by atoms with Crippen molar-refractivity contribution in [2.45, 2.75) is 87.0 Å². The predicted octanol–water partition coefficient (Wildman–Crippen LogP) is -1.36. The van der Waals surface area contributed by atoms with Crippen molar-refractivity contribution in [3.8, 4) is 0 Å². The summed E-state index contributed by atoms with van der Waals surface area (Å²) in [4.78, 5) is 15.9. The molecule has 6 fully saturated rings. The van der Waals surface area contributed by atoms with Crippen LogP contribution in [-0.4, -0.2) is 99.8 Å². The molecule has 36 heavy (non-hydrogen) atoms. The highest BCUT2D eigenvalue weighted by molar-refractivity contribution is 5.87. The van der Waals surface area contributed by atoms with Gasteiger partial charge in [-0.25, -0.2) is 4.79 Å². The van der Waals surface area contributed by atoms with Gasteiger partial charge in [-0.2, -0.15) is 0 Å². The Hall–Kier alpha value is -1.57. The van der Waals surface area contributed by atoms with Gasteiger partial charge in [-0.15, -0.1) is 0 Å². The standard InChI is InChI=1S/C25H35NO10/c1-11(2)23(33)17(35-18(30)13-6-5-7-26-13)15-20(10-27)9-22(32)19(23,4)24(15,34)25(36-22)16(29)12(3)14(28)8-21(20,25)31/h5-7,11-12,14-17,26-29,31-34H,8-10H2,1-4H3/t12-,14+,15-,16+,17-,19-,20-,21-,22+,23+,24-,25+/m0/s1. The van der Waals surface area contributed by atoms with Crippen LogP contribution in [0.5, 0.6) is 0 Å². The molecule has 1 aromatic heterocycles. The highest BCUT2D eigenvalue weighted by Crippen LogP contribution is 2.89. The van der Waals surface area contributed by atoms with Crippen LogP contribution in [0.2, 0.25) is 0 Å². The molecule has 0 unspecified atom stereocenters. The number of aliphatic hydroxyl groups is 7. The fraction of sp³-hybridized carbons (Fsp3) is 0.800. The van der Waals surface area contributed by atoms with Crippen molar-refractivity contribution in [3.05, 3.63) is 24.0 Å². The van der Waals surface area contributed by atoms with Gasteiger partial charge in [-0.3, -0.25) is 0 Å². The molecule has 2 aliphatic heterocycles. The van der Waals surface area contributed by atoms with Gasteiger partial charge in [0.05, 0.1) is 24.2 Å². The largest absolute Gasteiger partial charge is 0.454 e. The summed E-state index contributed by atoms with van der Waals surface area (Å²) in [6, 6.07) is 3.07. The molecule has 0 aromatic carbocycles. The van der Waals surface area contributed by atoms with Gasteiger partial charge in [0.1, 0.15) is 28.6 Å². The number of carbonyl (C=O) groups excluding carboxylic acids is 1. The van der Waals surface area contributed by atoms with Crippen molar-refractivity contribution in [3.63, 3.8) is 0 Å². The van der Waals surface area contributed by atoms with Gasteiger partial charge < -0.3 is 50.2 Å². The third kappa shape index (κ3) is 1.91. The zero-order valence-electron chi connectivity index (χ0n) is 20.7. The van der Waals surface area contributed by atoms with Crippen LogP contribution in [0.4, 0.5) is 0 Å². The second-order valence-electron chi connectivity index (χ2n) is 12.3. The summed E-state index contributed by atoms with van der Waals surface area (Å²) in [7, 11) is 0. The maximum atomic E-state index is 13.2. The molecule has 8 N–H and O–H groups in total. The Morgan fingerprint density at radius 2 is 1.92 bits per heavy atom. The summed E-state index contributed by atoms with van der Waals surface area (Å²) in [5, 5.41) is 83.0. The number of rotatable bonds is 4. The summed E-state index contributed by atoms with van der Waals surface area (Å²) in [5.74, 6) is -6.11. The van der Waals surface area contributed by atoms with Crippen molar-refractivity contribution >= 4 is 5.97 Å². The summed E-state index contributed by atoms with van der Waals surface area (Å²) < 4.78 is 12.1. The molecule has 0 radical (unpaired) electrons. The van der Waals surface area contributed by atoms with Gasteiger partial charge >= 0.3 is 5.97 Å². The van der Waals surface area contributed by atoms with E-state index in [4.69, 9.17) is 9.47 Å². The van der Waals surface area contributed by atoms with E-state index < -0.39 is 94.1 Å². The molecule has 1 aromatic rings. The molecule has 2 saturated heterocycles. The molecule has 0 amide bonds. The molecule has 6 aliphatic rings. The zero-order valence-corrected chi connectivity index (χ0v) is 20.7. The van der Waals surface area contributed by atoms with Crippen LogP contribution in [0.15, 0.2) is 18.3 Å². The Kier molecular flexibility index (Phi) is 4.48. The number of H-pyrrole nitrogens is 1. The van der Waals surface area contributed by atoms with Gasteiger partial charge in [0.15, 0.2) is 11.4 Å². The lowest BCUT2D eigenvalue weighted by molar-refractivity contribution is -0.396. The van der Waals surface area contributed by atoms with E-state index in [-0.39, 0.29) is 12.1 Å². The Balaban J connectivity index is 1.67. The van der Waals surface area contributed by atoms with Crippen LogP contribution in [0.3, 0.4) is 0 Å². The fourth-order valence-corrected chi connectivity index (χ4v) is 9.59. The lowest BCUT2D eigenvalue weighted by atomic mass is 9.54. The molecular formula is C25H35NO10. The number of aromatic amines is 1. The highest BCUT2D eigenvalue weighted by Gasteiger charge is 3.06. The first-order valence-corrected chi connectivity index (χ1v) is 12.5. The van der Waals surface area contributed by atoms with E-state index in [1.807, 2.05) is 0 Å². The molecule has 7 rings (SSSR count). The SMILES string of the molecule is CC(C)[C@@]1(O)[C@@H](OC(=O)c2ccc[nH]2)[C@H]2[C@@]3(CO)C[C@@]4(O)O[C@@]5([C@H](O)[C@@H](C)[C@H](O)C[C@]35O)[C@@]2(O)[C@@]41C. The Labute approximate surface area is 207 Å². The van der Waals surface area contributed by atoms with Crippen LogP contribution in [0, 0.1) is 28.6 Å². The van der Waals surface area contributed by atoms with E-state index in [0.717, 1.165) is 0 Å². The van der Waals surface area contributed by atoms with Crippen LogP contribution < -0.4 is 0 Å². The molecule has 12 atom stereocenters. The van der Waals surface area contributed by atoms with Crippen molar-refractivity contribution in [1.29, 1.82) is 0 Å². The molecule has 3 heterocycles. The monoisotopic (exact) mass is 509 g/mol. The summed E-state index contributed by atoms with van der Waals surface area (Å²) in [6.45, 7) is 5.47. The lowest BCUT2D eigenvalue weighted by Gasteiger charge is -2.61. The maximum Gasteiger partial charge on any atom is 0.355 e. The first kappa shape index (κ1) is 24.7. The molecule has 6 bridgehead atoms. The molecular weight excluding hydrogens is 474 g/mol. The van der Waals surface area contributed by atoms with Gasteiger partial charge in [-0.1, -0.05) is 20.8 Å². The number of aliphatic hydroxyl groups excluding tert-OH is 3. The topological polar surface area (TPSA) is 193 Å². The van der Waals surface area contributed by atoms with Crippen LogP contribution >= 0.6 is 0 Å². The zero-order chi connectivity index (χ0) is 26.5. The molecule has 11 nitrogen and oxygen atoms in total. The normalized spacial score (nSPS) is 58.5. The average molecular weight is 510 g/mol. The number of carbonyl (C=O) groups is 1.